The number of benzene rings is 2. The van der Waals surface area contributed by atoms with Crippen LogP contribution in [0.2, 0.25) is 0 Å². The second-order valence-electron chi connectivity index (χ2n) is 6.15. The molecule has 4 rings (SSSR count). The van der Waals surface area contributed by atoms with Crippen molar-refractivity contribution in [2.75, 3.05) is 7.11 Å². The highest BCUT2D eigenvalue weighted by Crippen LogP contribution is 2.20. The van der Waals surface area contributed by atoms with E-state index in [2.05, 4.69) is 36.5 Å². The third kappa shape index (κ3) is 4.11. The number of rotatable bonds is 6. The molecule has 0 N–H and O–H groups in total. The molecule has 5 nitrogen and oxygen atoms in total. The molecule has 2 aromatic heterocycles. The van der Waals surface area contributed by atoms with Crippen LogP contribution in [0.15, 0.2) is 71.6 Å². The third-order valence-corrected chi connectivity index (χ3v) is 4.77. The zero-order chi connectivity index (χ0) is 18.6. The number of nitrogens with zero attached hydrogens (tertiary/aromatic N) is 3. The average Bonchev–Trinajstić information content (AvgIpc) is 3.10. The van der Waals surface area contributed by atoms with Crippen LogP contribution in [0.25, 0.3) is 11.0 Å². The highest BCUT2D eigenvalue weighted by Gasteiger charge is 2.05. The minimum atomic E-state index is 0.469. The van der Waals surface area contributed by atoms with Crippen molar-refractivity contribution in [1.29, 1.82) is 0 Å². The summed E-state index contributed by atoms with van der Waals surface area (Å²) in [5.41, 5.74) is 4.22. The summed E-state index contributed by atoms with van der Waals surface area (Å²) in [6, 6.07) is 17.8. The van der Waals surface area contributed by atoms with Crippen LogP contribution in [0.1, 0.15) is 11.1 Å². The molecule has 0 radical (unpaired) electrons. The first-order chi connectivity index (χ1) is 13.2. The first-order valence-electron chi connectivity index (χ1n) is 8.52. The van der Waals surface area contributed by atoms with Gasteiger partial charge in [-0.1, -0.05) is 34.1 Å². The predicted molar refractivity (Wildman–Crippen MR) is 108 cm³/mol. The molecule has 0 saturated heterocycles. The van der Waals surface area contributed by atoms with Crippen LogP contribution >= 0.6 is 15.9 Å². The zero-order valence-electron chi connectivity index (χ0n) is 14.8. The van der Waals surface area contributed by atoms with Crippen molar-refractivity contribution in [3.8, 4) is 11.6 Å². The van der Waals surface area contributed by atoms with Gasteiger partial charge in [0, 0.05) is 16.7 Å². The fraction of sp³-hybridized carbons (Fsp3) is 0.143. The van der Waals surface area contributed by atoms with Crippen LogP contribution in [-0.4, -0.2) is 21.6 Å². The van der Waals surface area contributed by atoms with E-state index >= 15 is 0 Å². The topological polar surface area (TPSA) is 49.2 Å². The second-order valence-corrected chi connectivity index (χ2v) is 7.06. The van der Waals surface area contributed by atoms with Crippen LogP contribution < -0.4 is 9.47 Å². The molecule has 0 amide bonds. The monoisotopic (exact) mass is 423 g/mol. The van der Waals surface area contributed by atoms with E-state index in [1.807, 2.05) is 61.1 Å². The molecule has 0 spiro atoms. The largest absolute Gasteiger partial charge is 0.497 e. The number of hydrogen-bond donors (Lipinski definition) is 0. The van der Waals surface area contributed by atoms with Gasteiger partial charge in [-0.3, -0.25) is 0 Å². The molecule has 6 heteroatoms. The Hall–Kier alpha value is -2.86. The number of fused-ring (bicyclic) bond motifs is 1. The van der Waals surface area contributed by atoms with Crippen molar-refractivity contribution in [2.24, 2.45) is 0 Å². The maximum Gasteiger partial charge on any atom is 0.213 e. The van der Waals surface area contributed by atoms with E-state index in [1.54, 1.807) is 7.11 Å². The molecule has 136 valence electrons. The Bertz CT molecular complexity index is 1040. The van der Waals surface area contributed by atoms with Gasteiger partial charge in [0.05, 0.1) is 31.0 Å². The summed E-state index contributed by atoms with van der Waals surface area (Å²) >= 11 is 3.51. The van der Waals surface area contributed by atoms with Gasteiger partial charge in [0.15, 0.2) is 0 Å². The van der Waals surface area contributed by atoms with Gasteiger partial charge in [-0.25, -0.2) is 9.97 Å². The SMILES string of the molecule is COc1ccc(COc2ccc(Cn3cnc4ccc(Br)cc43)cn2)cc1. The molecular formula is C21H18BrN3O2. The van der Waals surface area contributed by atoms with Gasteiger partial charge in [-0.15, -0.1) is 0 Å². The van der Waals surface area contributed by atoms with Gasteiger partial charge in [-0.2, -0.15) is 0 Å². The summed E-state index contributed by atoms with van der Waals surface area (Å²) in [5.74, 6) is 1.44. The summed E-state index contributed by atoms with van der Waals surface area (Å²) in [5, 5.41) is 0. The average molecular weight is 424 g/mol. The van der Waals surface area contributed by atoms with Crippen LogP contribution in [0.4, 0.5) is 0 Å². The van der Waals surface area contributed by atoms with Crippen molar-refractivity contribution in [3.63, 3.8) is 0 Å². The van der Waals surface area contributed by atoms with Gasteiger partial charge in [0.25, 0.3) is 0 Å². The van der Waals surface area contributed by atoms with Crippen molar-refractivity contribution in [1.82, 2.24) is 14.5 Å². The molecule has 0 fully saturated rings. The fourth-order valence-electron chi connectivity index (χ4n) is 2.82. The third-order valence-electron chi connectivity index (χ3n) is 4.28. The smallest absolute Gasteiger partial charge is 0.213 e. The van der Waals surface area contributed by atoms with E-state index in [0.717, 1.165) is 32.4 Å². The number of imidazole rings is 1. The van der Waals surface area contributed by atoms with E-state index < -0.39 is 0 Å². The van der Waals surface area contributed by atoms with Gasteiger partial charge in [0.2, 0.25) is 5.88 Å². The van der Waals surface area contributed by atoms with E-state index in [9.17, 15) is 0 Å². The molecule has 0 unspecified atom stereocenters. The molecule has 0 aliphatic carbocycles. The van der Waals surface area contributed by atoms with Crippen LogP contribution in [0.5, 0.6) is 11.6 Å². The van der Waals surface area contributed by atoms with E-state index in [1.165, 1.54) is 0 Å². The minimum absolute atomic E-state index is 0.469. The lowest BCUT2D eigenvalue weighted by molar-refractivity contribution is 0.293. The summed E-state index contributed by atoms with van der Waals surface area (Å²) in [7, 11) is 1.66. The molecule has 2 aromatic carbocycles. The van der Waals surface area contributed by atoms with Crippen molar-refractivity contribution >= 4 is 27.0 Å². The summed E-state index contributed by atoms with van der Waals surface area (Å²) in [6.07, 6.45) is 3.69. The molecule has 27 heavy (non-hydrogen) atoms. The van der Waals surface area contributed by atoms with E-state index in [4.69, 9.17) is 9.47 Å². The number of hydrogen-bond acceptors (Lipinski definition) is 4. The maximum absolute atomic E-state index is 5.76. The highest BCUT2D eigenvalue weighted by molar-refractivity contribution is 9.10. The lowest BCUT2D eigenvalue weighted by Gasteiger charge is -2.08. The van der Waals surface area contributed by atoms with Crippen LogP contribution in [-0.2, 0) is 13.2 Å². The molecule has 0 aliphatic rings. The molecule has 4 aromatic rings. The summed E-state index contributed by atoms with van der Waals surface area (Å²) in [4.78, 5) is 8.85. The van der Waals surface area contributed by atoms with Crippen molar-refractivity contribution < 1.29 is 9.47 Å². The summed E-state index contributed by atoms with van der Waals surface area (Å²) < 4.78 is 14.1. The minimum Gasteiger partial charge on any atom is -0.497 e. The highest BCUT2D eigenvalue weighted by atomic mass is 79.9. The fourth-order valence-corrected chi connectivity index (χ4v) is 3.17. The lowest BCUT2D eigenvalue weighted by Crippen LogP contribution is -2.00. The molecule has 0 bridgehead atoms. The number of methoxy groups -OCH3 is 1. The van der Waals surface area contributed by atoms with Gasteiger partial charge in [0.1, 0.15) is 12.4 Å². The Morgan fingerprint density at radius 1 is 0.963 bits per heavy atom. The van der Waals surface area contributed by atoms with Crippen molar-refractivity contribution in [3.05, 3.63) is 82.7 Å². The Morgan fingerprint density at radius 2 is 1.78 bits per heavy atom. The quantitative estimate of drug-likeness (QED) is 0.445. The Kier molecular flexibility index (Phi) is 5.07. The number of ether oxygens (including phenoxy) is 2. The molecular weight excluding hydrogens is 406 g/mol. The molecule has 0 aliphatic heterocycles. The van der Waals surface area contributed by atoms with E-state index in [0.29, 0.717) is 19.0 Å². The van der Waals surface area contributed by atoms with Gasteiger partial charge in [-0.05, 0) is 41.5 Å². The van der Waals surface area contributed by atoms with Gasteiger partial charge >= 0.3 is 0 Å². The Balaban J connectivity index is 1.41. The van der Waals surface area contributed by atoms with Crippen LogP contribution in [0.3, 0.4) is 0 Å². The Labute approximate surface area is 165 Å². The number of aromatic nitrogens is 3. The van der Waals surface area contributed by atoms with Gasteiger partial charge < -0.3 is 14.0 Å². The number of halogens is 1. The first kappa shape index (κ1) is 17.5. The maximum atomic E-state index is 5.76. The summed E-state index contributed by atoms with van der Waals surface area (Å²) in [6.45, 7) is 1.18. The standard InChI is InChI=1S/C21H18BrN3O2/c1-26-18-6-2-15(3-7-18)13-27-21-9-4-16(11-23-21)12-25-14-24-19-8-5-17(22)10-20(19)25/h2-11,14H,12-13H2,1H3. The molecule has 0 atom stereocenters. The predicted octanol–water partition coefficient (Wildman–Crippen LogP) is 4.83. The zero-order valence-corrected chi connectivity index (χ0v) is 16.4. The van der Waals surface area contributed by atoms with Crippen molar-refractivity contribution in [2.45, 2.75) is 13.2 Å². The second kappa shape index (κ2) is 7.80. The Morgan fingerprint density at radius 3 is 2.52 bits per heavy atom. The normalized spacial score (nSPS) is 10.9. The van der Waals surface area contributed by atoms with E-state index in [-0.39, 0.29) is 0 Å². The first-order valence-corrected chi connectivity index (χ1v) is 9.31. The van der Waals surface area contributed by atoms with Crippen LogP contribution in [0, 0.1) is 0 Å². The molecule has 2 heterocycles. The lowest BCUT2D eigenvalue weighted by atomic mass is 10.2. The molecule has 0 saturated carbocycles. The number of pyridine rings is 1.